The van der Waals surface area contributed by atoms with Crippen molar-refractivity contribution < 1.29 is 17.2 Å². The number of hydrogen-bond donors (Lipinski definition) is 1. The third kappa shape index (κ3) is 2.87. The highest BCUT2D eigenvalue weighted by Crippen LogP contribution is 2.19. The van der Waals surface area contributed by atoms with Gasteiger partial charge in [-0.25, -0.2) is 17.2 Å². The lowest BCUT2D eigenvalue weighted by molar-refractivity contribution is 0.528. The van der Waals surface area contributed by atoms with Gasteiger partial charge >= 0.3 is 0 Å². The summed E-state index contributed by atoms with van der Waals surface area (Å²) in [5.41, 5.74) is -0.0482. The molecule has 1 N–H and O–H groups in total. The first-order chi connectivity index (χ1) is 8.50. The third-order valence-electron chi connectivity index (χ3n) is 3.20. The average Bonchev–Trinajstić information content (AvgIpc) is 2.62. The van der Waals surface area contributed by atoms with Gasteiger partial charge in [-0.05, 0) is 25.0 Å². The maximum absolute atomic E-state index is 13.3. The average molecular weight is 275 g/mol. The van der Waals surface area contributed by atoms with Crippen LogP contribution in [0.3, 0.4) is 0 Å². The van der Waals surface area contributed by atoms with Gasteiger partial charge in [0.2, 0.25) is 0 Å². The molecule has 0 spiro atoms. The zero-order valence-corrected chi connectivity index (χ0v) is 10.6. The summed E-state index contributed by atoms with van der Waals surface area (Å²) in [6.45, 7) is 0.251. The van der Waals surface area contributed by atoms with E-state index in [1.165, 1.54) is 18.2 Å². The molecule has 2 rings (SSSR count). The Kier molecular flexibility index (Phi) is 3.97. The number of sulfone groups is 1. The van der Waals surface area contributed by atoms with E-state index in [0.717, 1.165) is 0 Å². The van der Waals surface area contributed by atoms with Gasteiger partial charge in [0.1, 0.15) is 11.6 Å². The SMILES string of the molecule is O=S1(=O)CCCC1CNCc1c(F)cccc1F. The molecule has 18 heavy (non-hydrogen) atoms. The van der Waals surface area contributed by atoms with Crippen LogP contribution in [0, 0.1) is 11.6 Å². The molecule has 0 bridgehead atoms. The molecule has 1 atom stereocenters. The quantitative estimate of drug-likeness (QED) is 0.908. The first kappa shape index (κ1) is 13.4. The summed E-state index contributed by atoms with van der Waals surface area (Å²) in [4.78, 5) is 0. The van der Waals surface area contributed by atoms with Gasteiger partial charge in [0.15, 0.2) is 9.84 Å². The van der Waals surface area contributed by atoms with Gasteiger partial charge in [0, 0.05) is 18.7 Å². The zero-order chi connectivity index (χ0) is 13.2. The molecule has 0 aromatic heterocycles. The van der Waals surface area contributed by atoms with E-state index in [1.54, 1.807) is 0 Å². The van der Waals surface area contributed by atoms with Crippen LogP contribution in [0.15, 0.2) is 18.2 Å². The van der Waals surface area contributed by atoms with Gasteiger partial charge in [-0.1, -0.05) is 6.07 Å². The molecule has 1 unspecified atom stereocenters. The van der Waals surface area contributed by atoms with Crippen molar-refractivity contribution in [3.63, 3.8) is 0 Å². The Morgan fingerprint density at radius 1 is 1.28 bits per heavy atom. The highest BCUT2D eigenvalue weighted by Gasteiger charge is 2.30. The zero-order valence-electron chi connectivity index (χ0n) is 9.83. The van der Waals surface area contributed by atoms with Crippen molar-refractivity contribution in [2.45, 2.75) is 24.6 Å². The van der Waals surface area contributed by atoms with E-state index < -0.39 is 26.7 Å². The molecule has 0 saturated carbocycles. The Morgan fingerprint density at radius 3 is 2.50 bits per heavy atom. The predicted molar refractivity (Wildman–Crippen MR) is 64.9 cm³/mol. The second-order valence-corrected chi connectivity index (χ2v) is 6.86. The molecule has 100 valence electrons. The van der Waals surface area contributed by atoms with E-state index in [9.17, 15) is 17.2 Å². The van der Waals surface area contributed by atoms with Gasteiger partial charge < -0.3 is 5.32 Å². The van der Waals surface area contributed by atoms with Crippen LogP contribution in [0.25, 0.3) is 0 Å². The molecule has 1 aliphatic rings. The summed E-state index contributed by atoms with van der Waals surface area (Å²) in [6.07, 6.45) is 1.29. The summed E-state index contributed by atoms with van der Waals surface area (Å²) < 4.78 is 49.7. The van der Waals surface area contributed by atoms with Crippen LogP contribution in [0.1, 0.15) is 18.4 Å². The summed E-state index contributed by atoms with van der Waals surface area (Å²) in [6, 6.07) is 3.68. The summed E-state index contributed by atoms with van der Waals surface area (Å²) >= 11 is 0. The molecule has 0 aliphatic carbocycles. The first-order valence-electron chi connectivity index (χ1n) is 5.86. The van der Waals surface area contributed by atoms with Crippen molar-refractivity contribution in [2.24, 2.45) is 0 Å². The minimum Gasteiger partial charge on any atom is -0.311 e. The molecule has 1 fully saturated rings. The highest BCUT2D eigenvalue weighted by molar-refractivity contribution is 7.92. The van der Waals surface area contributed by atoms with Crippen LogP contribution in [-0.4, -0.2) is 26.0 Å². The van der Waals surface area contributed by atoms with Gasteiger partial charge in [-0.2, -0.15) is 0 Å². The topological polar surface area (TPSA) is 46.2 Å². The second-order valence-electron chi connectivity index (χ2n) is 4.46. The molecule has 1 aliphatic heterocycles. The van der Waals surface area contributed by atoms with Crippen molar-refractivity contribution >= 4 is 9.84 Å². The molecule has 0 radical (unpaired) electrons. The smallest absolute Gasteiger partial charge is 0.154 e. The Balaban J connectivity index is 1.93. The normalized spacial score (nSPS) is 22.2. The monoisotopic (exact) mass is 275 g/mol. The van der Waals surface area contributed by atoms with Crippen molar-refractivity contribution in [1.82, 2.24) is 5.32 Å². The highest BCUT2D eigenvalue weighted by atomic mass is 32.2. The molecular weight excluding hydrogens is 260 g/mol. The van der Waals surface area contributed by atoms with Crippen LogP contribution in [0.2, 0.25) is 0 Å². The molecule has 3 nitrogen and oxygen atoms in total. The van der Waals surface area contributed by atoms with Crippen LogP contribution in [-0.2, 0) is 16.4 Å². The van der Waals surface area contributed by atoms with E-state index >= 15 is 0 Å². The van der Waals surface area contributed by atoms with Crippen LogP contribution in [0.5, 0.6) is 0 Å². The lowest BCUT2D eigenvalue weighted by Crippen LogP contribution is -2.30. The minimum atomic E-state index is -3.01. The Hall–Kier alpha value is -1.01. The van der Waals surface area contributed by atoms with E-state index in [1.807, 2.05) is 0 Å². The van der Waals surface area contributed by atoms with Crippen molar-refractivity contribution in [3.8, 4) is 0 Å². The van der Waals surface area contributed by atoms with Crippen molar-refractivity contribution in [2.75, 3.05) is 12.3 Å². The second kappa shape index (κ2) is 5.32. The fourth-order valence-corrected chi connectivity index (χ4v) is 3.95. The van der Waals surface area contributed by atoms with Gasteiger partial charge in [-0.15, -0.1) is 0 Å². The Morgan fingerprint density at radius 2 is 1.94 bits per heavy atom. The minimum absolute atomic E-state index is 0.00449. The van der Waals surface area contributed by atoms with Crippen LogP contribution >= 0.6 is 0 Å². The van der Waals surface area contributed by atoms with Crippen LogP contribution in [0.4, 0.5) is 8.78 Å². The number of hydrogen-bond acceptors (Lipinski definition) is 3. The third-order valence-corrected chi connectivity index (χ3v) is 5.47. The summed E-state index contributed by atoms with van der Waals surface area (Å²) in [7, 11) is -3.01. The number of rotatable bonds is 4. The van der Waals surface area contributed by atoms with E-state index in [0.29, 0.717) is 12.8 Å². The maximum atomic E-state index is 13.3. The summed E-state index contributed by atoms with van der Waals surface area (Å²) in [5, 5.41) is 2.40. The molecule has 0 amide bonds. The molecule has 1 heterocycles. The van der Waals surface area contributed by atoms with E-state index in [-0.39, 0.29) is 24.4 Å². The summed E-state index contributed by atoms with van der Waals surface area (Å²) in [5.74, 6) is -1.01. The van der Waals surface area contributed by atoms with Gasteiger partial charge in [0.05, 0.1) is 11.0 Å². The largest absolute Gasteiger partial charge is 0.311 e. The first-order valence-corrected chi connectivity index (χ1v) is 7.57. The van der Waals surface area contributed by atoms with Gasteiger partial charge in [-0.3, -0.25) is 0 Å². The Bertz CT molecular complexity index is 511. The fourth-order valence-electron chi connectivity index (χ4n) is 2.15. The molecule has 6 heteroatoms. The van der Waals surface area contributed by atoms with E-state index in [2.05, 4.69) is 5.32 Å². The fraction of sp³-hybridized carbons (Fsp3) is 0.500. The Labute approximate surface area is 105 Å². The number of nitrogens with one attached hydrogen (secondary N) is 1. The standard InChI is InChI=1S/C12H15F2NO2S/c13-11-4-1-5-12(14)10(11)8-15-7-9-3-2-6-18(9,16)17/h1,4-5,9,15H,2-3,6-8H2. The van der Waals surface area contributed by atoms with E-state index in [4.69, 9.17) is 0 Å². The lowest BCUT2D eigenvalue weighted by atomic mass is 10.2. The van der Waals surface area contributed by atoms with Crippen LogP contribution < -0.4 is 5.32 Å². The molecule has 1 aromatic rings. The predicted octanol–water partition coefficient (Wildman–Crippen LogP) is 1.63. The molecule has 1 saturated heterocycles. The lowest BCUT2D eigenvalue weighted by Gasteiger charge is -2.11. The van der Waals surface area contributed by atoms with Gasteiger partial charge in [0.25, 0.3) is 0 Å². The maximum Gasteiger partial charge on any atom is 0.154 e. The number of halogens is 2. The molecular formula is C12H15F2NO2S. The van der Waals surface area contributed by atoms with Crippen molar-refractivity contribution in [3.05, 3.63) is 35.4 Å². The number of benzene rings is 1. The van der Waals surface area contributed by atoms with Crippen molar-refractivity contribution in [1.29, 1.82) is 0 Å². The molecule has 1 aromatic carbocycles.